The van der Waals surface area contributed by atoms with Gasteiger partial charge in [0.1, 0.15) is 11.6 Å². The Kier molecular flexibility index (Phi) is 3.23. The van der Waals surface area contributed by atoms with Gasteiger partial charge in [0.25, 0.3) is 0 Å². The van der Waals surface area contributed by atoms with Crippen molar-refractivity contribution in [3.63, 3.8) is 0 Å². The average Bonchev–Trinajstić information content (AvgIpc) is 2.27. The molecule has 0 bridgehead atoms. The first-order valence-electron chi connectivity index (χ1n) is 5.75. The number of hydrogen-bond donors (Lipinski definition) is 1. The van der Waals surface area contributed by atoms with Crippen molar-refractivity contribution >= 4 is 5.95 Å². The van der Waals surface area contributed by atoms with E-state index in [0.717, 1.165) is 11.1 Å². The number of aryl methyl sites for hydroxylation is 1. The van der Waals surface area contributed by atoms with Gasteiger partial charge in [-0.3, -0.25) is 0 Å². The summed E-state index contributed by atoms with van der Waals surface area (Å²) in [6, 6.07) is 4.49. The molecule has 0 aliphatic carbocycles. The van der Waals surface area contributed by atoms with Crippen molar-refractivity contribution in [3.05, 3.63) is 35.4 Å². The molecule has 0 spiro atoms. The van der Waals surface area contributed by atoms with Gasteiger partial charge in [-0.15, -0.1) is 0 Å². The van der Waals surface area contributed by atoms with E-state index < -0.39 is 0 Å². The van der Waals surface area contributed by atoms with E-state index in [1.165, 1.54) is 12.1 Å². The van der Waals surface area contributed by atoms with Gasteiger partial charge in [-0.25, -0.2) is 9.37 Å². The number of anilines is 1. The number of halogens is 1. The Balaban J connectivity index is 2.56. The molecule has 2 rings (SSSR count). The van der Waals surface area contributed by atoms with Crippen LogP contribution in [-0.4, -0.2) is 15.0 Å². The molecular formula is C13H15FN4. The number of benzene rings is 1. The van der Waals surface area contributed by atoms with Gasteiger partial charge >= 0.3 is 0 Å². The van der Waals surface area contributed by atoms with E-state index in [2.05, 4.69) is 15.0 Å². The molecule has 2 aromatic rings. The monoisotopic (exact) mass is 246 g/mol. The van der Waals surface area contributed by atoms with Gasteiger partial charge in [-0.2, -0.15) is 9.97 Å². The van der Waals surface area contributed by atoms with Crippen molar-refractivity contribution in [2.45, 2.75) is 26.7 Å². The van der Waals surface area contributed by atoms with Gasteiger partial charge in [0.2, 0.25) is 5.95 Å². The Morgan fingerprint density at radius 3 is 2.50 bits per heavy atom. The summed E-state index contributed by atoms with van der Waals surface area (Å²) in [5, 5.41) is 0. The predicted octanol–water partition coefficient (Wildman–Crippen LogP) is 2.69. The maximum Gasteiger partial charge on any atom is 0.223 e. The van der Waals surface area contributed by atoms with E-state index in [0.29, 0.717) is 11.6 Å². The fourth-order valence-electron chi connectivity index (χ4n) is 1.67. The largest absolute Gasteiger partial charge is 0.368 e. The summed E-state index contributed by atoms with van der Waals surface area (Å²) in [5.74, 6) is 1.20. The minimum Gasteiger partial charge on any atom is -0.368 e. The van der Waals surface area contributed by atoms with Gasteiger partial charge in [0, 0.05) is 11.5 Å². The molecule has 0 aliphatic rings. The van der Waals surface area contributed by atoms with Crippen LogP contribution in [0, 0.1) is 12.7 Å². The molecule has 2 N–H and O–H groups in total. The van der Waals surface area contributed by atoms with Crippen LogP contribution in [0.5, 0.6) is 0 Å². The summed E-state index contributed by atoms with van der Waals surface area (Å²) in [6.45, 7) is 5.78. The lowest BCUT2D eigenvalue weighted by molar-refractivity contribution is 0.627. The van der Waals surface area contributed by atoms with Gasteiger partial charge in [0.15, 0.2) is 5.82 Å². The second-order valence-corrected chi connectivity index (χ2v) is 4.49. The number of nitrogens with zero attached hydrogens (tertiary/aromatic N) is 3. The minimum atomic E-state index is -0.276. The summed E-state index contributed by atoms with van der Waals surface area (Å²) >= 11 is 0. The van der Waals surface area contributed by atoms with Crippen LogP contribution >= 0.6 is 0 Å². The van der Waals surface area contributed by atoms with E-state index in [1.807, 2.05) is 20.8 Å². The summed E-state index contributed by atoms with van der Waals surface area (Å²) in [4.78, 5) is 12.6. The molecule has 0 atom stereocenters. The maximum atomic E-state index is 13.1. The zero-order chi connectivity index (χ0) is 13.3. The van der Waals surface area contributed by atoms with Crippen LogP contribution in [0.2, 0.25) is 0 Å². The number of hydrogen-bond acceptors (Lipinski definition) is 4. The van der Waals surface area contributed by atoms with Crippen LogP contribution in [0.15, 0.2) is 18.2 Å². The first kappa shape index (κ1) is 12.4. The molecule has 0 radical (unpaired) electrons. The van der Waals surface area contributed by atoms with Crippen molar-refractivity contribution in [2.24, 2.45) is 0 Å². The van der Waals surface area contributed by atoms with Crippen molar-refractivity contribution in [1.82, 2.24) is 15.0 Å². The summed E-state index contributed by atoms with van der Waals surface area (Å²) in [5.41, 5.74) is 7.22. The lowest BCUT2D eigenvalue weighted by Crippen LogP contribution is -2.06. The van der Waals surface area contributed by atoms with Crippen molar-refractivity contribution in [3.8, 4) is 11.4 Å². The average molecular weight is 246 g/mol. The second-order valence-electron chi connectivity index (χ2n) is 4.49. The Bertz CT molecular complexity index is 581. The molecule has 0 saturated heterocycles. The Morgan fingerprint density at radius 1 is 1.17 bits per heavy atom. The molecule has 1 aromatic heterocycles. The molecule has 4 nitrogen and oxygen atoms in total. The summed E-state index contributed by atoms with van der Waals surface area (Å²) < 4.78 is 13.1. The molecule has 1 aromatic carbocycles. The SMILES string of the molecule is Cc1cc(F)ccc1-c1nc(N)nc(C(C)C)n1. The van der Waals surface area contributed by atoms with E-state index >= 15 is 0 Å². The number of rotatable bonds is 2. The van der Waals surface area contributed by atoms with E-state index in [-0.39, 0.29) is 17.7 Å². The molecule has 0 unspecified atom stereocenters. The highest BCUT2D eigenvalue weighted by Crippen LogP contribution is 2.22. The van der Waals surface area contributed by atoms with Crippen molar-refractivity contribution < 1.29 is 4.39 Å². The van der Waals surface area contributed by atoms with E-state index in [9.17, 15) is 4.39 Å². The number of aromatic nitrogens is 3. The minimum absolute atomic E-state index is 0.162. The molecule has 0 saturated carbocycles. The van der Waals surface area contributed by atoms with Crippen LogP contribution in [0.25, 0.3) is 11.4 Å². The van der Waals surface area contributed by atoms with Gasteiger partial charge < -0.3 is 5.73 Å². The molecule has 0 amide bonds. The highest BCUT2D eigenvalue weighted by atomic mass is 19.1. The fourth-order valence-corrected chi connectivity index (χ4v) is 1.67. The van der Waals surface area contributed by atoms with Crippen LogP contribution < -0.4 is 5.73 Å². The fraction of sp³-hybridized carbons (Fsp3) is 0.308. The second kappa shape index (κ2) is 4.68. The van der Waals surface area contributed by atoms with Crippen LogP contribution in [0.1, 0.15) is 31.2 Å². The molecule has 0 aliphatic heterocycles. The highest BCUT2D eigenvalue weighted by molar-refractivity contribution is 5.60. The predicted molar refractivity (Wildman–Crippen MR) is 68.5 cm³/mol. The first-order chi connectivity index (χ1) is 8.47. The van der Waals surface area contributed by atoms with Crippen molar-refractivity contribution in [2.75, 3.05) is 5.73 Å². The standard InChI is InChI=1S/C13H15FN4/c1-7(2)11-16-12(18-13(15)17-11)10-5-4-9(14)6-8(10)3/h4-7H,1-3H3,(H2,15,16,17,18). The lowest BCUT2D eigenvalue weighted by atomic mass is 10.1. The lowest BCUT2D eigenvalue weighted by Gasteiger charge is -2.09. The molecule has 94 valence electrons. The Labute approximate surface area is 105 Å². The van der Waals surface area contributed by atoms with Gasteiger partial charge in [0.05, 0.1) is 0 Å². The van der Waals surface area contributed by atoms with Gasteiger partial charge in [-0.05, 0) is 30.7 Å². The molecule has 5 heteroatoms. The third-order valence-electron chi connectivity index (χ3n) is 2.62. The maximum absolute atomic E-state index is 13.1. The summed E-state index contributed by atoms with van der Waals surface area (Å²) in [7, 11) is 0. The van der Waals surface area contributed by atoms with Crippen LogP contribution in [0.3, 0.4) is 0 Å². The third kappa shape index (κ3) is 2.45. The quantitative estimate of drug-likeness (QED) is 0.884. The Morgan fingerprint density at radius 2 is 1.89 bits per heavy atom. The zero-order valence-electron chi connectivity index (χ0n) is 10.6. The Hall–Kier alpha value is -2.04. The highest BCUT2D eigenvalue weighted by Gasteiger charge is 2.11. The normalized spacial score (nSPS) is 10.9. The molecule has 18 heavy (non-hydrogen) atoms. The molecule has 1 heterocycles. The third-order valence-corrected chi connectivity index (χ3v) is 2.62. The van der Waals surface area contributed by atoms with E-state index in [4.69, 9.17) is 5.73 Å². The number of nitrogens with two attached hydrogens (primary N) is 1. The van der Waals surface area contributed by atoms with Crippen LogP contribution in [0.4, 0.5) is 10.3 Å². The molecule has 0 fully saturated rings. The van der Waals surface area contributed by atoms with Gasteiger partial charge in [-0.1, -0.05) is 13.8 Å². The van der Waals surface area contributed by atoms with Crippen molar-refractivity contribution in [1.29, 1.82) is 0 Å². The number of nitrogen functional groups attached to an aromatic ring is 1. The topological polar surface area (TPSA) is 64.7 Å². The first-order valence-corrected chi connectivity index (χ1v) is 5.75. The molecular weight excluding hydrogens is 231 g/mol. The van der Waals surface area contributed by atoms with Crippen LogP contribution in [-0.2, 0) is 0 Å². The summed E-state index contributed by atoms with van der Waals surface area (Å²) in [6.07, 6.45) is 0. The smallest absolute Gasteiger partial charge is 0.223 e. The zero-order valence-corrected chi connectivity index (χ0v) is 10.6. The van der Waals surface area contributed by atoms with E-state index in [1.54, 1.807) is 6.07 Å².